The van der Waals surface area contributed by atoms with Gasteiger partial charge in [0.1, 0.15) is 22.5 Å². The van der Waals surface area contributed by atoms with Crippen LogP contribution in [0.25, 0.3) is 0 Å². The van der Waals surface area contributed by atoms with Gasteiger partial charge in [0.05, 0.1) is 5.25 Å². The molecular weight excluding hydrogens is 508 g/mol. The van der Waals surface area contributed by atoms with Crippen molar-refractivity contribution in [2.24, 2.45) is 0 Å². The fourth-order valence-electron chi connectivity index (χ4n) is 3.57. The zero-order valence-corrected chi connectivity index (χ0v) is 20.5. The van der Waals surface area contributed by atoms with Gasteiger partial charge in [-0.15, -0.1) is 0 Å². The average molecular weight is 526 g/mol. The topological polar surface area (TPSA) is 73.2 Å². The lowest BCUT2D eigenvalue weighted by atomic mass is 10.1. The van der Waals surface area contributed by atoms with Crippen molar-refractivity contribution in [1.29, 1.82) is 5.26 Å². The van der Waals surface area contributed by atoms with E-state index in [0.29, 0.717) is 21.3 Å². The van der Waals surface area contributed by atoms with Gasteiger partial charge in [0, 0.05) is 22.3 Å². The summed E-state index contributed by atoms with van der Waals surface area (Å²) in [5, 5.41) is 13.0. The van der Waals surface area contributed by atoms with E-state index in [4.69, 9.17) is 23.2 Å². The predicted octanol–water partition coefficient (Wildman–Crippen LogP) is 5.88. The van der Waals surface area contributed by atoms with E-state index in [1.54, 1.807) is 18.2 Å². The predicted molar refractivity (Wildman–Crippen MR) is 136 cm³/mol. The van der Waals surface area contributed by atoms with Crippen LogP contribution in [-0.2, 0) is 22.6 Å². The lowest BCUT2D eigenvalue weighted by Gasteiger charge is -2.18. The summed E-state index contributed by atoms with van der Waals surface area (Å²) >= 11 is 13.4. The number of benzene rings is 3. The van der Waals surface area contributed by atoms with Crippen molar-refractivity contribution >= 4 is 52.5 Å². The van der Waals surface area contributed by atoms with E-state index in [-0.39, 0.29) is 29.5 Å². The van der Waals surface area contributed by atoms with Gasteiger partial charge in [-0.3, -0.25) is 14.5 Å². The van der Waals surface area contributed by atoms with Crippen LogP contribution < -0.4 is 10.2 Å². The van der Waals surface area contributed by atoms with E-state index >= 15 is 0 Å². The van der Waals surface area contributed by atoms with Crippen molar-refractivity contribution in [3.05, 3.63) is 110 Å². The van der Waals surface area contributed by atoms with Crippen molar-refractivity contribution in [1.82, 2.24) is 5.32 Å². The lowest BCUT2D eigenvalue weighted by molar-refractivity contribution is -0.117. The summed E-state index contributed by atoms with van der Waals surface area (Å²) in [6.07, 6.45) is 0.255. The Balaban J connectivity index is 1.68. The van der Waals surface area contributed by atoms with Gasteiger partial charge in [-0.05, 0) is 53.9 Å². The summed E-state index contributed by atoms with van der Waals surface area (Å²) in [7, 11) is 0. The third kappa shape index (κ3) is 5.68. The van der Waals surface area contributed by atoms with Crippen LogP contribution in [0.5, 0.6) is 0 Å². The van der Waals surface area contributed by atoms with Crippen LogP contribution in [0.3, 0.4) is 0 Å². The van der Waals surface area contributed by atoms with Gasteiger partial charge in [0.25, 0.3) is 5.91 Å². The van der Waals surface area contributed by atoms with E-state index in [9.17, 15) is 19.2 Å². The molecule has 9 heteroatoms. The highest BCUT2D eigenvalue weighted by molar-refractivity contribution is 8.05. The molecule has 0 saturated carbocycles. The summed E-state index contributed by atoms with van der Waals surface area (Å²) in [4.78, 5) is 27.8. The van der Waals surface area contributed by atoms with Crippen molar-refractivity contribution in [2.75, 3.05) is 4.90 Å². The number of carbonyl (C=O) groups excluding carboxylic acids is 2. The summed E-state index contributed by atoms with van der Waals surface area (Å²) in [5.74, 6) is -1.42. The first kappa shape index (κ1) is 24.8. The number of hydrogen-bond acceptors (Lipinski definition) is 4. The molecule has 1 atom stereocenters. The van der Waals surface area contributed by atoms with E-state index in [1.165, 1.54) is 29.2 Å². The standard InChI is InChI=1S/C26H18Cl2FN3O2S/c27-18-7-6-17(22(28)13-18)12-23-25(34)32(20-10-8-19(29)9-11-20)26(35-23)21(14-30)24(33)31-15-16-4-2-1-3-5-16/h1-11,13,23H,12,15H2,(H,31,33)/b26-21-. The normalized spacial score (nSPS) is 16.7. The highest BCUT2D eigenvalue weighted by Crippen LogP contribution is 2.42. The summed E-state index contributed by atoms with van der Waals surface area (Å²) in [5.41, 5.74) is 1.72. The molecule has 35 heavy (non-hydrogen) atoms. The van der Waals surface area contributed by atoms with Crippen molar-refractivity contribution in [2.45, 2.75) is 18.2 Å². The first-order chi connectivity index (χ1) is 16.9. The third-order valence-electron chi connectivity index (χ3n) is 5.31. The van der Waals surface area contributed by atoms with Gasteiger partial charge in [0.2, 0.25) is 5.91 Å². The number of anilines is 1. The Morgan fingerprint density at radius 3 is 2.46 bits per heavy atom. The molecule has 1 unspecified atom stereocenters. The van der Waals surface area contributed by atoms with Gasteiger partial charge in [0.15, 0.2) is 0 Å². The molecule has 1 aliphatic heterocycles. The molecule has 1 N–H and O–H groups in total. The number of nitrogens with one attached hydrogen (secondary N) is 1. The maximum atomic E-state index is 13.6. The van der Waals surface area contributed by atoms with Crippen LogP contribution in [0.4, 0.5) is 10.1 Å². The van der Waals surface area contributed by atoms with Gasteiger partial charge in [-0.1, -0.05) is 71.4 Å². The lowest BCUT2D eigenvalue weighted by Crippen LogP contribution is -2.32. The number of nitrogens with zero attached hydrogens (tertiary/aromatic N) is 2. The molecule has 0 aliphatic carbocycles. The van der Waals surface area contributed by atoms with Gasteiger partial charge < -0.3 is 5.32 Å². The number of amides is 2. The number of rotatable bonds is 6. The Bertz CT molecular complexity index is 1340. The summed E-state index contributed by atoms with van der Waals surface area (Å²) in [6, 6.07) is 21.5. The third-order valence-corrected chi connectivity index (χ3v) is 7.16. The van der Waals surface area contributed by atoms with Crippen molar-refractivity contribution in [3.63, 3.8) is 0 Å². The highest BCUT2D eigenvalue weighted by Gasteiger charge is 2.41. The molecule has 176 valence electrons. The highest BCUT2D eigenvalue weighted by atomic mass is 35.5. The largest absolute Gasteiger partial charge is 0.347 e. The molecule has 0 aromatic heterocycles. The second-order valence-electron chi connectivity index (χ2n) is 7.66. The fraction of sp³-hybridized carbons (Fsp3) is 0.115. The maximum Gasteiger partial charge on any atom is 0.264 e. The molecule has 1 fully saturated rings. The molecule has 2 amide bonds. The first-order valence-electron chi connectivity index (χ1n) is 10.5. The molecule has 3 aromatic carbocycles. The van der Waals surface area contributed by atoms with E-state index in [1.807, 2.05) is 36.4 Å². The molecule has 0 spiro atoms. The van der Waals surface area contributed by atoms with E-state index in [2.05, 4.69) is 5.32 Å². The zero-order chi connectivity index (χ0) is 24.9. The van der Waals surface area contributed by atoms with E-state index in [0.717, 1.165) is 17.3 Å². The average Bonchev–Trinajstić information content (AvgIpc) is 3.16. The molecule has 1 aliphatic rings. The Hall–Kier alpha value is -3.31. The molecule has 0 radical (unpaired) electrons. The van der Waals surface area contributed by atoms with E-state index < -0.39 is 17.0 Å². The van der Waals surface area contributed by atoms with Gasteiger partial charge in [-0.25, -0.2) is 4.39 Å². The van der Waals surface area contributed by atoms with Crippen LogP contribution in [0.2, 0.25) is 10.0 Å². The van der Waals surface area contributed by atoms with Crippen molar-refractivity contribution in [3.8, 4) is 6.07 Å². The maximum absolute atomic E-state index is 13.6. The summed E-state index contributed by atoms with van der Waals surface area (Å²) in [6.45, 7) is 0.219. The Kier molecular flexibility index (Phi) is 7.76. The smallest absolute Gasteiger partial charge is 0.264 e. The monoisotopic (exact) mass is 525 g/mol. The second kappa shape index (κ2) is 11.0. The molecule has 1 saturated heterocycles. The minimum absolute atomic E-state index is 0.185. The molecular formula is C26H18Cl2FN3O2S. The molecule has 0 bridgehead atoms. The zero-order valence-electron chi connectivity index (χ0n) is 18.2. The Labute approximate surface area is 216 Å². The minimum atomic E-state index is -0.654. The number of nitriles is 1. The first-order valence-corrected chi connectivity index (χ1v) is 12.2. The van der Waals surface area contributed by atoms with Gasteiger partial charge in [-0.2, -0.15) is 5.26 Å². The SMILES string of the molecule is N#C/C(C(=O)NCc1ccccc1)=C1/SC(Cc2ccc(Cl)cc2Cl)C(=O)N1c1ccc(F)cc1. The van der Waals surface area contributed by atoms with Crippen LogP contribution in [0.1, 0.15) is 11.1 Å². The molecule has 1 heterocycles. The number of carbonyl (C=O) groups is 2. The van der Waals surface area contributed by atoms with Gasteiger partial charge >= 0.3 is 0 Å². The summed E-state index contributed by atoms with van der Waals surface area (Å²) < 4.78 is 13.6. The van der Waals surface area contributed by atoms with Crippen LogP contribution >= 0.6 is 35.0 Å². The Morgan fingerprint density at radius 2 is 1.80 bits per heavy atom. The number of halogens is 3. The van der Waals surface area contributed by atoms with Crippen molar-refractivity contribution < 1.29 is 14.0 Å². The molecule has 4 rings (SSSR count). The minimum Gasteiger partial charge on any atom is -0.347 e. The fourth-order valence-corrected chi connectivity index (χ4v) is 5.35. The second-order valence-corrected chi connectivity index (χ2v) is 9.69. The Morgan fingerprint density at radius 1 is 1.09 bits per heavy atom. The molecule has 5 nitrogen and oxygen atoms in total. The van der Waals surface area contributed by atoms with Crippen LogP contribution in [0.15, 0.2) is 83.4 Å². The van der Waals surface area contributed by atoms with Crippen LogP contribution in [0, 0.1) is 17.1 Å². The number of hydrogen-bond donors (Lipinski definition) is 1. The quantitative estimate of drug-likeness (QED) is 0.322. The molecule has 3 aromatic rings. The van der Waals surface area contributed by atoms with Crippen LogP contribution in [-0.4, -0.2) is 17.1 Å². The number of thioether (sulfide) groups is 1.